The molecule has 0 aliphatic rings. The van der Waals surface area contributed by atoms with Crippen LogP contribution in [0.1, 0.15) is 5.56 Å². The summed E-state index contributed by atoms with van der Waals surface area (Å²) in [5.74, 6) is 0. The molecule has 15 heavy (non-hydrogen) atoms. The second-order valence-corrected chi connectivity index (χ2v) is 3.92. The summed E-state index contributed by atoms with van der Waals surface area (Å²) in [7, 11) is 1.83. The largest absolute Gasteiger partial charge is 0.392 e. The number of aromatic nitrogens is 4. The van der Waals surface area contributed by atoms with Gasteiger partial charge < -0.3 is 5.11 Å². The molecule has 5 nitrogen and oxygen atoms in total. The molecule has 0 saturated carbocycles. The van der Waals surface area contributed by atoms with Gasteiger partial charge in [-0.15, -0.1) is 0 Å². The maximum absolute atomic E-state index is 8.86. The van der Waals surface area contributed by atoms with Gasteiger partial charge in [-0.05, 0) is 23.4 Å². The lowest BCUT2D eigenvalue weighted by Crippen LogP contribution is -1.93. The SMILES string of the molecule is Cn1ncnc1Sc1ccc(CO)cn1. The molecule has 0 spiro atoms. The maximum Gasteiger partial charge on any atom is 0.192 e. The number of aliphatic hydroxyl groups excluding tert-OH is 1. The van der Waals surface area contributed by atoms with Crippen LogP contribution in [-0.2, 0) is 13.7 Å². The molecule has 2 aromatic heterocycles. The van der Waals surface area contributed by atoms with Crippen molar-refractivity contribution in [1.29, 1.82) is 0 Å². The van der Waals surface area contributed by atoms with E-state index >= 15 is 0 Å². The molecule has 2 heterocycles. The number of pyridine rings is 1. The summed E-state index contributed by atoms with van der Waals surface area (Å²) in [6, 6.07) is 3.69. The molecule has 0 radical (unpaired) electrons. The van der Waals surface area contributed by atoms with E-state index in [1.165, 1.54) is 18.1 Å². The number of hydrogen-bond acceptors (Lipinski definition) is 5. The molecule has 0 bridgehead atoms. The molecule has 6 heteroatoms. The van der Waals surface area contributed by atoms with E-state index in [2.05, 4.69) is 15.1 Å². The molecule has 78 valence electrons. The van der Waals surface area contributed by atoms with Crippen LogP contribution in [0, 0.1) is 0 Å². The van der Waals surface area contributed by atoms with Gasteiger partial charge in [0.05, 0.1) is 6.61 Å². The molecule has 0 amide bonds. The quantitative estimate of drug-likeness (QED) is 0.834. The minimum atomic E-state index is 0.0158. The van der Waals surface area contributed by atoms with Crippen LogP contribution in [0.15, 0.2) is 34.8 Å². The van der Waals surface area contributed by atoms with Crippen molar-refractivity contribution < 1.29 is 5.11 Å². The van der Waals surface area contributed by atoms with Crippen LogP contribution < -0.4 is 0 Å². The minimum Gasteiger partial charge on any atom is -0.392 e. The summed E-state index contributed by atoms with van der Waals surface area (Å²) >= 11 is 1.44. The zero-order valence-electron chi connectivity index (χ0n) is 8.16. The fourth-order valence-electron chi connectivity index (χ4n) is 1.04. The van der Waals surface area contributed by atoms with Gasteiger partial charge in [0.15, 0.2) is 5.16 Å². The molecular formula is C9H10N4OS. The van der Waals surface area contributed by atoms with Crippen LogP contribution in [0.25, 0.3) is 0 Å². The van der Waals surface area contributed by atoms with Gasteiger partial charge in [-0.1, -0.05) is 6.07 Å². The molecule has 0 fully saturated rings. The van der Waals surface area contributed by atoms with Crippen molar-refractivity contribution in [2.75, 3.05) is 0 Å². The van der Waals surface area contributed by atoms with Crippen LogP contribution in [0.3, 0.4) is 0 Å². The van der Waals surface area contributed by atoms with Crippen molar-refractivity contribution in [3.05, 3.63) is 30.2 Å². The Morgan fingerprint density at radius 2 is 2.27 bits per heavy atom. The van der Waals surface area contributed by atoms with E-state index in [9.17, 15) is 0 Å². The fraction of sp³-hybridized carbons (Fsp3) is 0.222. The Kier molecular flexibility index (Phi) is 2.98. The van der Waals surface area contributed by atoms with E-state index in [1.807, 2.05) is 19.2 Å². The first-order chi connectivity index (χ1) is 7.29. The zero-order valence-corrected chi connectivity index (χ0v) is 8.98. The molecular weight excluding hydrogens is 212 g/mol. The molecule has 1 N–H and O–H groups in total. The van der Waals surface area contributed by atoms with Gasteiger partial charge in [-0.3, -0.25) is 0 Å². The van der Waals surface area contributed by atoms with Gasteiger partial charge in [0, 0.05) is 13.2 Å². The molecule has 0 unspecified atom stereocenters. The van der Waals surface area contributed by atoms with Crippen molar-refractivity contribution >= 4 is 11.8 Å². The molecule has 2 aromatic rings. The third-order valence-corrected chi connectivity index (χ3v) is 2.85. The van der Waals surface area contributed by atoms with Gasteiger partial charge >= 0.3 is 0 Å². The van der Waals surface area contributed by atoms with Crippen molar-refractivity contribution in [2.24, 2.45) is 7.05 Å². The van der Waals surface area contributed by atoms with Crippen molar-refractivity contribution in [3.63, 3.8) is 0 Å². The first kappa shape index (κ1) is 10.1. The molecule has 0 saturated heterocycles. The molecule has 0 aromatic carbocycles. The third-order valence-electron chi connectivity index (χ3n) is 1.85. The number of aliphatic hydroxyl groups is 1. The summed E-state index contributed by atoms with van der Waals surface area (Å²) in [6.45, 7) is 0.0158. The predicted molar refractivity (Wildman–Crippen MR) is 55.3 cm³/mol. The standard InChI is InChI=1S/C9H10N4OS/c1-13-9(11-6-12-13)15-8-3-2-7(5-14)4-10-8/h2-4,6,14H,5H2,1H3. The lowest BCUT2D eigenvalue weighted by Gasteiger charge is -2.00. The van der Waals surface area contributed by atoms with Crippen molar-refractivity contribution in [1.82, 2.24) is 19.7 Å². The summed E-state index contributed by atoms with van der Waals surface area (Å²) in [5, 5.41) is 14.4. The van der Waals surface area contributed by atoms with Crippen molar-refractivity contribution in [2.45, 2.75) is 16.8 Å². The van der Waals surface area contributed by atoms with Gasteiger partial charge in [0.1, 0.15) is 11.4 Å². The average molecular weight is 222 g/mol. The van der Waals surface area contributed by atoms with Gasteiger partial charge in [0.25, 0.3) is 0 Å². The fourth-order valence-corrected chi connectivity index (χ4v) is 1.74. The molecule has 2 rings (SSSR count). The smallest absolute Gasteiger partial charge is 0.192 e. The number of hydrogen-bond donors (Lipinski definition) is 1. The normalized spacial score (nSPS) is 10.5. The predicted octanol–water partition coefficient (Wildman–Crippen LogP) is 0.854. The molecule has 0 aliphatic heterocycles. The zero-order chi connectivity index (χ0) is 10.7. The van der Waals surface area contributed by atoms with Crippen molar-refractivity contribution in [3.8, 4) is 0 Å². The van der Waals surface area contributed by atoms with Gasteiger partial charge in [-0.2, -0.15) is 5.10 Å². The number of aryl methyl sites for hydroxylation is 1. The average Bonchev–Trinajstić information content (AvgIpc) is 2.66. The Morgan fingerprint density at radius 3 is 2.80 bits per heavy atom. The van der Waals surface area contributed by atoms with Gasteiger partial charge in [0.2, 0.25) is 0 Å². The van der Waals surface area contributed by atoms with E-state index in [4.69, 9.17) is 5.11 Å². The van der Waals surface area contributed by atoms with Crippen LogP contribution in [-0.4, -0.2) is 24.9 Å². The van der Waals surface area contributed by atoms with Gasteiger partial charge in [-0.25, -0.2) is 14.6 Å². The Labute approximate surface area is 91.2 Å². The lowest BCUT2D eigenvalue weighted by molar-refractivity contribution is 0.281. The lowest BCUT2D eigenvalue weighted by atomic mass is 10.3. The topological polar surface area (TPSA) is 63.8 Å². The summed E-state index contributed by atoms with van der Waals surface area (Å²) in [4.78, 5) is 8.27. The highest BCUT2D eigenvalue weighted by Crippen LogP contribution is 2.22. The Bertz CT molecular complexity index is 440. The van der Waals surface area contributed by atoms with E-state index < -0.39 is 0 Å². The van der Waals surface area contributed by atoms with Crippen LogP contribution in [0.2, 0.25) is 0 Å². The summed E-state index contributed by atoms with van der Waals surface area (Å²) in [5.41, 5.74) is 0.803. The van der Waals surface area contributed by atoms with E-state index in [0.29, 0.717) is 0 Å². The summed E-state index contributed by atoms with van der Waals surface area (Å²) in [6.07, 6.45) is 3.16. The Morgan fingerprint density at radius 1 is 1.40 bits per heavy atom. The first-order valence-corrected chi connectivity index (χ1v) is 5.19. The number of rotatable bonds is 3. The maximum atomic E-state index is 8.86. The Hall–Kier alpha value is -1.40. The highest BCUT2D eigenvalue weighted by atomic mass is 32.2. The first-order valence-electron chi connectivity index (χ1n) is 4.37. The third kappa shape index (κ3) is 2.34. The van der Waals surface area contributed by atoms with Crippen LogP contribution in [0.4, 0.5) is 0 Å². The van der Waals surface area contributed by atoms with Crippen LogP contribution in [0.5, 0.6) is 0 Å². The second kappa shape index (κ2) is 4.41. The summed E-state index contributed by atoms with van der Waals surface area (Å²) < 4.78 is 1.69. The minimum absolute atomic E-state index is 0.0158. The Balaban J connectivity index is 2.14. The van der Waals surface area contributed by atoms with E-state index in [-0.39, 0.29) is 6.61 Å². The molecule has 0 aliphatic carbocycles. The number of nitrogens with zero attached hydrogens (tertiary/aromatic N) is 4. The van der Waals surface area contributed by atoms with E-state index in [0.717, 1.165) is 15.7 Å². The van der Waals surface area contributed by atoms with Crippen LogP contribution >= 0.6 is 11.8 Å². The van der Waals surface area contributed by atoms with E-state index in [1.54, 1.807) is 10.9 Å². The monoisotopic (exact) mass is 222 g/mol. The highest BCUT2D eigenvalue weighted by Gasteiger charge is 2.04. The highest BCUT2D eigenvalue weighted by molar-refractivity contribution is 7.99. The second-order valence-electron chi connectivity index (χ2n) is 2.93. The molecule has 0 atom stereocenters.